The Kier molecular flexibility index (Phi) is 5.87. The van der Waals surface area contributed by atoms with Gasteiger partial charge in [-0.2, -0.15) is 0 Å². The Morgan fingerprint density at radius 1 is 1.07 bits per heavy atom. The number of aliphatic carboxylic acids is 2. The average Bonchev–Trinajstić information content (AvgIpc) is 2.03. The predicted octanol–water partition coefficient (Wildman–Crippen LogP) is 0.646. The molecule has 0 amide bonds. The third-order valence-electron chi connectivity index (χ3n) is 1.85. The third kappa shape index (κ3) is 3.74. The first-order valence-electron chi connectivity index (χ1n) is 4.74. The Balaban J connectivity index is 4.54. The first-order chi connectivity index (χ1) is 6.54. The van der Waals surface area contributed by atoms with E-state index >= 15 is 0 Å². The van der Waals surface area contributed by atoms with Gasteiger partial charge in [-0.05, 0) is 25.9 Å². The van der Waals surface area contributed by atoms with E-state index in [0.717, 1.165) is 12.8 Å². The molecule has 0 aromatic carbocycles. The maximum absolute atomic E-state index is 10.7. The molecule has 0 radical (unpaired) electrons. The summed E-state index contributed by atoms with van der Waals surface area (Å²) in [6, 6.07) is -1.41. The van der Waals surface area contributed by atoms with Gasteiger partial charge in [-0.1, -0.05) is 13.8 Å². The monoisotopic (exact) mass is 203 g/mol. The zero-order valence-corrected chi connectivity index (χ0v) is 8.56. The van der Waals surface area contributed by atoms with Crippen molar-refractivity contribution < 1.29 is 19.8 Å². The first kappa shape index (κ1) is 12.9. The molecule has 0 atom stereocenters. The molecular weight excluding hydrogens is 186 g/mol. The Bertz CT molecular complexity index is 185. The van der Waals surface area contributed by atoms with Gasteiger partial charge < -0.3 is 10.2 Å². The van der Waals surface area contributed by atoms with Gasteiger partial charge in [-0.15, -0.1) is 0 Å². The highest BCUT2D eigenvalue weighted by atomic mass is 16.4. The molecule has 0 saturated carbocycles. The topological polar surface area (TPSA) is 77.8 Å². The van der Waals surface area contributed by atoms with Gasteiger partial charge in [0.15, 0.2) is 0 Å². The van der Waals surface area contributed by atoms with Crippen LogP contribution in [0.15, 0.2) is 0 Å². The number of hydrogen-bond donors (Lipinski definition) is 2. The van der Waals surface area contributed by atoms with E-state index in [-0.39, 0.29) is 0 Å². The van der Waals surface area contributed by atoms with E-state index in [1.54, 1.807) is 0 Å². The highest BCUT2D eigenvalue weighted by molar-refractivity contribution is 5.97. The smallest absolute Gasteiger partial charge is 0.332 e. The Morgan fingerprint density at radius 2 is 1.43 bits per heavy atom. The van der Waals surface area contributed by atoms with Crippen LogP contribution in [0.4, 0.5) is 0 Å². The van der Waals surface area contributed by atoms with E-state index in [1.807, 2.05) is 13.8 Å². The van der Waals surface area contributed by atoms with Crippen molar-refractivity contribution >= 4 is 11.9 Å². The van der Waals surface area contributed by atoms with Gasteiger partial charge in [0.25, 0.3) is 0 Å². The summed E-state index contributed by atoms with van der Waals surface area (Å²) in [7, 11) is 0. The van der Waals surface area contributed by atoms with Gasteiger partial charge >= 0.3 is 11.9 Å². The molecule has 0 spiro atoms. The van der Waals surface area contributed by atoms with Crippen molar-refractivity contribution in [1.82, 2.24) is 4.90 Å². The molecule has 14 heavy (non-hydrogen) atoms. The van der Waals surface area contributed by atoms with Crippen molar-refractivity contribution in [2.45, 2.75) is 32.7 Å². The van der Waals surface area contributed by atoms with Gasteiger partial charge in [0, 0.05) is 0 Å². The molecule has 0 aliphatic rings. The van der Waals surface area contributed by atoms with E-state index in [0.29, 0.717) is 13.1 Å². The van der Waals surface area contributed by atoms with E-state index in [9.17, 15) is 9.59 Å². The van der Waals surface area contributed by atoms with Gasteiger partial charge in [0.1, 0.15) is 0 Å². The molecule has 0 unspecified atom stereocenters. The van der Waals surface area contributed by atoms with E-state index in [1.165, 1.54) is 4.90 Å². The molecule has 0 aliphatic heterocycles. The molecule has 2 N–H and O–H groups in total. The summed E-state index contributed by atoms with van der Waals surface area (Å²) in [5.74, 6) is -2.58. The largest absolute Gasteiger partial charge is 0.480 e. The highest BCUT2D eigenvalue weighted by Crippen LogP contribution is 2.03. The quantitative estimate of drug-likeness (QED) is 0.594. The molecular formula is C9H17NO4. The van der Waals surface area contributed by atoms with Crippen molar-refractivity contribution in [1.29, 1.82) is 0 Å². The fraction of sp³-hybridized carbons (Fsp3) is 0.778. The lowest BCUT2D eigenvalue weighted by Crippen LogP contribution is -2.47. The molecule has 0 bridgehead atoms. The van der Waals surface area contributed by atoms with Crippen molar-refractivity contribution in [2.24, 2.45) is 0 Å². The zero-order valence-electron chi connectivity index (χ0n) is 8.56. The van der Waals surface area contributed by atoms with Crippen molar-refractivity contribution in [3.05, 3.63) is 0 Å². The molecule has 0 heterocycles. The number of rotatable bonds is 7. The van der Waals surface area contributed by atoms with Crippen LogP contribution in [0.2, 0.25) is 0 Å². The second kappa shape index (κ2) is 6.37. The minimum atomic E-state index is -1.41. The SMILES string of the molecule is CCCN(CCC)C(C(=O)O)C(=O)O. The summed E-state index contributed by atoms with van der Waals surface area (Å²) in [5, 5.41) is 17.5. The Labute approximate surface area is 83.3 Å². The lowest BCUT2D eigenvalue weighted by Gasteiger charge is -2.24. The van der Waals surface area contributed by atoms with Crippen LogP contribution in [0.5, 0.6) is 0 Å². The fourth-order valence-corrected chi connectivity index (χ4v) is 1.36. The van der Waals surface area contributed by atoms with Gasteiger partial charge in [-0.3, -0.25) is 4.90 Å². The second-order valence-corrected chi connectivity index (χ2v) is 3.11. The lowest BCUT2D eigenvalue weighted by atomic mass is 10.2. The molecule has 5 nitrogen and oxygen atoms in total. The van der Waals surface area contributed by atoms with Crippen LogP contribution < -0.4 is 0 Å². The number of hydrogen-bond acceptors (Lipinski definition) is 3. The summed E-state index contributed by atoms with van der Waals surface area (Å²) in [6.07, 6.45) is 1.49. The molecule has 0 aromatic rings. The van der Waals surface area contributed by atoms with Crippen LogP contribution in [0, 0.1) is 0 Å². The average molecular weight is 203 g/mol. The van der Waals surface area contributed by atoms with Crippen LogP contribution in [-0.4, -0.2) is 46.2 Å². The zero-order chi connectivity index (χ0) is 11.1. The molecule has 0 rings (SSSR count). The number of carbonyl (C=O) groups is 2. The molecule has 0 aromatic heterocycles. The minimum Gasteiger partial charge on any atom is -0.480 e. The van der Waals surface area contributed by atoms with Crippen LogP contribution in [-0.2, 0) is 9.59 Å². The number of carboxylic acid groups (broad SMARTS) is 2. The standard InChI is InChI=1S/C9H17NO4/c1-3-5-10(6-4-2)7(8(11)12)9(13)14/h7H,3-6H2,1-2H3,(H,11,12)(H,13,14). The number of carboxylic acids is 2. The predicted molar refractivity (Wildman–Crippen MR) is 51.2 cm³/mol. The van der Waals surface area contributed by atoms with E-state index in [2.05, 4.69) is 0 Å². The van der Waals surface area contributed by atoms with Crippen molar-refractivity contribution in [3.8, 4) is 0 Å². The van der Waals surface area contributed by atoms with Crippen molar-refractivity contribution in [2.75, 3.05) is 13.1 Å². The maximum Gasteiger partial charge on any atom is 0.332 e. The fourth-order valence-electron chi connectivity index (χ4n) is 1.36. The van der Waals surface area contributed by atoms with Crippen LogP contribution in [0.3, 0.4) is 0 Å². The number of nitrogens with zero attached hydrogens (tertiary/aromatic N) is 1. The lowest BCUT2D eigenvalue weighted by molar-refractivity contribution is -0.156. The molecule has 0 fully saturated rings. The van der Waals surface area contributed by atoms with E-state index < -0.39 is 18.0 Å². The molecule has 5 heteroatoms. The summed E-state index contributed by atoms with van der Waals surface area (Å²) in [5.41, 5.74) is 0. The summed E-state index contributed by atoms with van der Waals surface area (Å²) < 4.78 is 0. The van der Waals surface area contributed by atoms with Gasteiger partial charge in [0.05, 0.1) is 0 Å². The van der Waals surface area contributed by atoms with Crippen LogP contribution in [0.1, 0.15) is 26.7 Å². The van der Waals surface area contributed by atoms with Gasteiger partial charge in [-0.25, -0.2) is 9.59 Å². The summed E-state index contributed by atoms with van der Waals surface area (Å²) in [6.45, 7) is 4.78. The third-order valence-corrected chi connectivity index (χ3v) is 1.85. The second-order valence-electron chi connectivity index (χ2n) is 3.11. The first-order valence-corrected chi connectivity index (χ1v) is 4.74. The van der Waals surface area contributed by atoms with Crippen LogP contribution in [0.25, 0.3) is 0 Å². The van der Waals surface area contributed by atoms with Crippen molar-refractivity contribution in [3.63, 3.8) is 0 Å². The van der Waals surface area contributed by atoms with Crippen LogP contribution >= 0.6 is 0 Å². The summed E-state index contributed by atoms with van der Waals surface area (Å²) in [4.78, 5) is 22.9. The molecule has 0 saturated heterocycles. The minimum absolute atomic E-state index is 0.497. The van der Waals surface area contributed by atoms with E-state index in [4.69, 9.17) is 10.2 Å². The van der Waals surface area contributed by atoms with Gasteiger partial charge in [0.2, 0.25) is 6.04 Å². The normalized spacial score (nSPS) is 10.9. The molecule has 0 aliphatic carbocycles. The Morgan fingerprint density at radius 3 is 1.64 bits per heavy atom. The maximum atomic E-state index is 10.7. The highest BCUT2D eigenvalue weighted by Gasteiger charge is 2.31. The Hall–Kier alpha value is -1.10. The summed E-state index contributed by atoms with van der Waals surface area (Å²) >= 11 is 0. The molecule has 82 valence electrons.